The van der Waals surface area contributed by atoms with E-state index >= 15 is 0 Å². The maximum atomic E-state index is 12.4. The van der Waals surface area contributed by atoms with Crippen molar-refractivity contribution < 1.29 is 9.53 Å². The van der Waals surface area contributed by atoms with Crippen molar-refractivity contribution in [3.8, 4) is 0 Å². The van der Waals surface area contributed by atoms with Gasteiger partial charge in [-0.3, -0.25) is 9.69 Å². The molecule has 2 saturated heterocycles. The van der Waals surface area contributed by atoms with Crippen molar-refractivity contribution in [2.75, 3.05) is 43.1 Å². The summed E-state index contributed by atoms with van der Waals surface area (Å²) in [4.78, 5) is 30.1. The fraction of sp³-hybridized carbons (Fsp3) is 0.474. The van der Waals surface area contributed by atoms with Gasteiger partial charge in [0.15, 0.2) is 0 Å². The highest BCUT2D eigenvalue weighted by atomic mass is 35.5. The normalized spacial score (nSPS) is 20.7. The Balaban J connectivity index is 1.47. The number of pyridine rings is 1. The summed E-state index contributed by atoms with van der Waals surface area (Å²) < 4.78 is 5.33. The first-order chi connectivity index (χ1) is 13.5. The van der Waals surface area contributed by atoms with Crippen LogP contribution in [-0.4, -0.2) is 70.7 Å². The number of rotatable bonds is 4. The Hall–Kier alpha value is -2.29. The van der Waals surface area contributed by atoms with Gasteiger partial charge in [-0.15, -0.1) is 0 Å². The van der Waals surface area contributed by atoms with Crippen LogP contribution in [0, 0.1) is 6.92 Å². The SMILES string of the molecule is Cc1nc(NC(=O)c2cccc(Cl)n2)cc(N2CCN(C3COC3)[C@@H](C)C2)n1. The minimum Gasteiger partial charge on any atom is -0.378 e. The third-order valence-corrected chi connectivity index (χ3v) is 5.32. The molecule has 2 fully saturated rings. The van der Waals surface area contributed by atoms with Gasteiger partial charge in [0.1, 0.15) is 28.3 Å². The average Bonchev–Trinajstić information content (AvgIpc) is 2.61. The summed E-state index contributed by atoms with van der Waals surface area (Å²) in [5.41, 5.74) is 0.246. The van der Waals surface area contributed by atoms with Crippen LogP contribution in [0.2, 0.25) is 5.15 Å². The molecule has 4 rings (SSSR count). The molecule has 28 heavy (non-hydrogen) atoms. The van der Waals surface area contributed by atoms with Crippen LogP contribution in [0.1, 0.15) is 23.2 Å². The summed E-state index contributed by atoms with van der Waals surface area (Å²) in [6, 6.07) is 7.68. The standard InChI is InChI=1S/C19H23ClN6O2/c1-12-9-25(6-7-26(12)14-10-28-11-14)18-8-17(21-13(2)22-18)24-19(27)15-4-3-5-16(20)23-15/h3-5,8,12,14H,6-7,9-11H2,1-2H3,(H,21,22,24,27)/t12-/m0/s1. The summed E-state index contributed by atoms with van der Waals surface area (Å²) in [5.74, 6) is 1.53. The molecule has 0 saturated carbocycles. The average molecular weight is 403 g/mol. The van der Waals surface area contributed by atoms with Crippen LogP contribution in [-0.2, 0) is 4.74 Å². The van der Waals surface area contributed by atoms with E-state index < -0.39 is 0 Å². The van der Waals surface area contributed by atoms with E-state index in [0.29, 0.717) is 23.7 Å². The molecular weight excluding hydrogens is 380 g/mol. The van der Waals surface area contributed by atoms with Crippen LogP contribution in [0.15, 0.2) is 24.3 Å². The molecule has 1 atom stereocenters. The summed E-state index contributed by atoms with van der Waals surface area (Å²) in [6.07, 6.45) is 0. The van der Waals surface area contributed by atoms with Gasteiger partial charge in [-0.05, 0) is 26.0 Å². The first kappa shape index (κ1) is 19.0. The van der Waals surface area contributed by atoms with Crippen molar-refractivity contribution in [3.05, 3.63) is 40.9 Å². The number of nitrogens with zero attached hydrogens (tertiary/aromatic N) is 5. The number of aryl methyl sites for hydroxylation is 1. The van der Waals surface area contributed by atoms with Crippen molar-refractivity contribution in [3.63, 3.8) is 0 Å². The van der Waals surface area contributed by atoms with Gasteiger partial charge in [-0.2, -0.15) is 0 Å². The molecule has 2 aromatic rings. The molecule has 2 aliphatic heterocycles. The number of anilines is 2. The van der Waals surface area contributed by atoms with Crippen molar-refractivity contribution in [1.82, 2.24) is 19.9 Å². The Morgan fingerprint density at radius 3 is 2.75 bits per heavy atom. The summed E-state index contributed by atoms with van der Waals surface area (Å²) in [5, 5.41) is 3.07. The number of halogens is 1. The number of carbonyl (C=O) groups excluding carboxylic acids is 1. The maximum absolute atomic E-state index is 12.4. The minimum atomic E-state index is -0.352. The number of hydrogen-bond acceptors (Lipinski definition) is 7. The maximum Gasteiger partial charge on any atom is 0.275 e. The highest BCUT2D eigenvalue weighted by Crippen LogP contribution is 2.23. The monoisotopic (exact) mass is 402 g/mol. The highest BCUT2D eigenvalue weighted by Gasteiger charge is 2.33. The Labute approximate surface area is 168 Å². The number of aromatic nitrogens is 3. The Bertz CT molecular complexity index is 875. The zero-order valence-corrected chi connectivity index (χ0v) is 16.7. The lowest BCUT2D eigenvalue weighted by Crippen LogP contribution is -2.60. The van der Waals surface area contributed by atoms with Crippen molar-refractivity contribution in [2.45, 2.75) is 25.9 Å². The number of hydrogen-bond donors (Lipinski definition) is 1. The summed E-state index contributed by atoms with van der Waals surface area (Å²) >= 11 is 5.87. The van der Waals surface area contributed by atoms with E-state index in [0.717, 1.165) is 38.7 Å². The van der Waals surface area contributed by atoms with Crippen molar-refractivity contribution >= 4 is 29.1 Å². The molecule has 9 heteroatoms. The molecule has 0 radical (unpaired) electrons. The second-order valence-electron chi connectivity index (χ2n) is 7.18. The number of nitrogens with one attached hydrogen (secondary N) is 1. The molecular formula is C19H23ClN6O2. The largest absolute Gasteiger partial charge is 0.378 e. The molecule has 0 aliphatic carbocycles. The summed E-state index contributed by atoms with van der Waals surface area (Å²) in [7, 11) is 0. The fourth-order valence-corrected chi connectivity index (χ4v) is 3.79. The molecule has 4 heterocycles. The molecule has 148 valence electrons. The zero-order chi connectivity index (χ0) is 19.7. The first-order valence-electron chi connectivity index (χ1n) is 9.37. The Kier molecular flexibility index (Phi) is 5.43. The minimum absolute atomic E-state index is 0.246. The zero-order valence-electron chi connectivity index (χ0n) is 15.9. The molecule has 1 amide bonds. The van der Waals surface area contributed by atoms with Gasteiger partial charge in [0.05, 0.1) is 19.3 Å². The number of amides is 1. The molecule has 0 bridgehead atoms. The lowest BCUT2D eigenvalue weighted by Gasteiger charge is -2.46. The van der Waals surface area contributed by atoms with Crippen LogP contribution in [0.3, 0.4) is 0 Å². The number of ether oxygens (including phenoxy) is 1. The molecule has 0 aromatic carbocycles. The quantitative estimate of drug-likeness (QED) is 0.783. The van der Waals surface area contributed by atoms with E-state index in [-0.39, 0.29) is 16.8 Å². The smallest absolute Gasteiger partial charge is 0.275 e. The van der Waals surface area contributed by atoms with Crippen molar-refractivity contribution in [1.29, 1.82) is 0 Å². The van der Waals surface area contributed by atoms with Crippen LogP contribution < -0.4 is 10.2 Å². The van der Waals surface area contributed by atoms with Crippen LogP contribution in [0.4, 0.5) is 11.6 Å². The second kappa shape index (κ2) is 7.98. The van der Waals surface area contributed by atoms with E-state index in [2.05, 4.69) is 37.0 Å². The molecule has 0 unspecified atom stereocenters. The topological polar surface area (TPSA) is 83.5 Å². The molecule has 2 aromatic heterocycles. The first-order valence-corrected chi connectivity index (χ1v) is 9.75. The van der Waals surface area contributed by atoms with Crippen molar-refractivity contribution in [2.24, 2.45) is 0 Å². The molecule has 8 nitrogen and oxygen atoms in total. The second-order valence-corrected chi connectivity index (χ2v) is 7.57. The lowest BCUT2D eigenvalue weighted by molar-refractivity contribution is -0.0793. The van der Waals surface area contributed by atoms with Gasteiger partial charge in [-0.25, -0.2) is 15.0 Å². The molecule has 2 aliphatic rings. The predicted octanol–water partition coefficient (Wildman–Crippen LogP) is 2.00. The lowest BCUT2D eigenvalue weighted by atomic mass is 10.1. The Morgan fingerprint density at radius 1 is 1.25 bits per heavy atom. The van der Waals surface area contributed by atoms with Gasteiger partial charge in [-0.1, -0.05) is 17.7 Å². The van der Waals surface area contributed by atoms with E-state index in [4.69, 9.17) is 16.3 Å². The number of piperazine rings is 1. The van der Waals surface area contributed by atoms with Gasteiger partial charge < -0.3 is 15.0 Å². The van der Waals surface area contributed by atoms with E-state index in [1.807, 2.05) is 13.0 Å². The van der Waals surface area contributed by atoms with E-state index in [9.17, 15) is 4.79 Å². The number of carbonyl (C=O) groups is 1. The van der Waals surface area contributed by atoms with Gasteiger partial charge in [0, 0.05) is 31.7 Å². The van der Waals surface area contributed by atoms with Crippen LogP contribution in [0.25, 0.3) is 0 Å². The van der Waals surface area contributed by atoms with E-state index in [1.54, 1.807) is 18.2 Å². The third-order valence-electron chi connectivity index (χ3n) is 5.11. The van der Waals surface area contributed by atoms with Crippen LogP contribution >= 0.6 is 11.6 Å². The van der Waals surface area contributed by atoms with Crippen LogP contribution in [0.5, 0.6) is 0 Å². The molecule has 0 spiro atoms. The summed E-state index contributed by atoms with van der Waals surface area (Å²) in [6.45, 7) is 8.41. The Morgan fingerprint density at radius 2 is 2.07 bits per heavy atom. The highest BCUT2D eigenvalue weighted by molar-refractivity contribution is 6.29. The van der Waals surface area contributed by atoms with Gasteiger partial charge in [0.2, 0.25) is 0 Å². The predicted molar refractivity (Wildman–Crippen MR) is 107 cm³/mol. The molecule has 1 N–H and O–H groups in total. The van der Waals surface area contributed by atoms with Gasteiger partial charge in [0.25, 0.3) is 5.91 Å². The fourth-order valence-electron chi connectivity index (χ4n) is 3.63. The third kappa shape index (κ3) is 4.09. The van der Waals surface area contributed by atoms with E-state index in [1.165, 1.54) is 0 Å². The van der Waals surface area contributed by atoms with Gasteiger partial charge >= 0.3 is 0 Å².